The third kappa shape index (κ3) is 4.01. The van der Waals surface area contributed by atoms with E-state index < -0.39 is 0 Å². The minimum Gasteiger partial charge on any atom is -0.296 e. The van der Waals surface area contributed by atoms with Gasteiger partial charge in [0.1, 0.15) is 0 Å². The van der Waals surface area contributed by atoms with Crippen LogP contribution in [0.1, 0.15) is 55.9 Å². The maximum atomic E-state index is 12.9. The van der Waals surface area contributed by atoms with Crippen molar-refractivity contribution in [1.82, 2.24) is 5.32 Å². The minimum absolute atomic E-state index is 0.0136. The number of hydrogen-bond acceptors (Lipinski definition) is 4. The number of thiophene rings is 2. The minimum atomic E-state index is -0.182. The summed E-state index contributed by atoms with van der Waals surface area (Å²) >= 11 is 3.66. The van der Waals surface area contributed by atoms with Crippen LogP contribution in [0.15, 0.2) is 61.2 Å². The predicted molar refractivity (Wildman–Crippen MR) is 146 cm³/mol. The third-order valence-electron chi connectivity index (χ3n) is 6.94. The molecule has 2 aromatic heterocycles. The van der Waals surface area contributed by atoms with Gasteiger partial charge in [-0.15, -0.1) is 22.7 Å². The number of imide groups is 1. The number of carbonyl (C=O) groups excluding carboxylic acids is 2. The fourth-order valence-corrected chi connectivity index (χ4v) is 8.51. The number of rotatable bonds is 4. The topological polar surface area (TPSA) is 46.2 Å². The lowest BCUT2D eigenvalue weighted by atomic mass is 9.78. The van der Waals surface area contributed by atoms with Crippen LogP contribution in [0.25, 0.3) is 30.3 Å². The van der Waals surface area contributed by atoms with Gasteiger partial charge in [0.2, 0.25) is 11.8 Å². The summed E-state index contributed by atoms with van der Waals surface area (Å²) in [5, 5.41) is 6.40. The van der Waals surface area contributed by atoms with Crippen LogP contribution >= 0.6 is 22.7 Å². The zero-order valence-corrected chi connectivity index (χ0v) is 21.4. The molecule has 34 heavy (non-hydrogen) atoms. The Kier molecular flexibility index (Phi) is 6.17. The van der Waals surface area contributed by atoms with E-state index >= 15 is 0 Å². The molecule has 0 radical (unpaired) electrons. The first-order chi connectivity index (χ1) is 16.4. The molecule has 2 amide bonds. The molecular weight excluding hydrogens is 458 g/mol. The number of benzene rings is 2. The molecule has 5 rings (SSSR count). The van der Waals surface area contributed by atoms with E-state index in [1.54, 1.807) is 6.08 Å². The molecule has 4 aromatic rings. The van der Waals surface area contributed by atoms with Crippen molar-refractivity contribution in [2.24, 2.45) is 11.8 Å². The second-order valence-corrected chi connectivity index (χ2v) is 11.8. The molecule has 0 spiro atoms. The maximum absolute atomic E-state index is 12.9. The maximum Gasteiger partial charge on any atom is 0.227 e. The van der Waals surface area contributed by atoms with Crippen molar-refractivity contribution in [2.75, 3.05) is 0 Å². The molecule has 3 heterocycles. The molecule has 0 saturated carbocycles. The number of allylic oxidation sites excluding steroid dienone is 3. The Bertz CT molecular complexity index is 1460. The summed E-state index contributed by atoms with van der Waals surface area (Å²) < 4.78 is 3.84. The number of carbonyl (C=O) groups is 2. The van der Waals surface area contributed by atoms with Crippen LogP contribution in [0.4, 0.5) is 0 Å². The monoisotopic (exact) mass is 487 g/mol. The SMILES string of the molecule is C=C/C=C\C(C(C)C)[C@@H]1CC(=O)NC(=O)C[C@@H](C)c2c1sc1c2sc2cc3ccccc3cc21. The van der Waals surface area contributed by atoms with E-state index in [0.29, 0.717) is 18.8 Å². The lowest BCUT2D eigenvalue weighted by Gasteiger charge is -2.28. The molecule has 1 unspecified atom stereocenters. The number of nitrogens with one attached hydrogen (secondary N) is 1. The average Bonchev–Trinajstić information content (AvgIpc) is 3.32. The molecule has 0 bridgehead atoms. The van der Waals surface area contributed by atoms with Crippen molar-refractivity contribution >= 4 is 64.7 Å². The Morgan fingerprint density at radius 3 is 2.44 bits per heavy atom. The van der Waals surface area contributed by atoms with Gasteiger partial charge in [-0.3, -0.25) is 14.9 Å². The highest BCUT2D eigenvalue weighted by Crippen LogP contribution is 2.52. The fourth-order valence-electron chi connectivity index (χ4n) is 5.33. The van der Waals surface area contributed by atoms with Gasteiger partial charge in [-0.25, -0.2) is 0 Å². The van der Waals surface area contributed by atoms with Gasteiger partial charge >= 0.3 is 0 Å². The van der Waals surface area contributed by atoms with Gasteiger partial charge in [0.05, 0.1) is 9.40 Å². The Morgan fingerprint density at radius 2 is 1.74 bits per heavy atom. The quantitative estimate of drug-likeness (QED) is 0.235. The molecule has 1 aliphatic heterocycles. The number of fused-ring (bicyclic) bond motifs is 6. The van der Waals surface area contributed by atoms with Crippen LogP contribution in [-0.4, -0.2) is 11.8 Å². The smallest absolute Gasteiger partial charge is 0.227 e. The molecule has 3 nitrogen and oxygen atoms in total. The lowest BCUT2D eigenvalue weighted by Crippen LogP contribution is -2.32. The van der Waals surface area contributed by atoms with E-state index in [1.165, 1.54) is 40.7 Å². The van der Waals surface area contributed by atoms with Crippen LogP contribution in [0.2, 0.25) is 0 Å². The second kappa shape index (κ2) is 9.12. The normalized spacial score (nSPS) is 20.5. The Balaban J connectivity index is 1.79. The van der Waals surface area contributed by atoms with Crippen molar-refractivity contribution < 1.29 is 9.59 Å². The highest BCUT2D eigenvalue weighted by Gasteiger charge is 2.35. The van der Waals surface area contributed by atoms with Gasteiger partial charge in [0, 0.05) is 33.7 Å². The molecule has 5 heteroatoms. The summed E-state index contributed by atoms with van der Waals surface area (Å²) in [5.41, 5.74) is 1.26. The number of hydrogen-bond donors (Lipinski definition) is 1. The molecule has 0 saturated heterocycles. The van der Waals surface area contributed by atoms with Gasteiger partial charge in [0.25, 0.3) is 0 Å². The summed E-state index contributed by atoms with van der Waals surface area (Å²) in [4.78, 5) is 26.8. The van der Waals surface area contributed by atoms with Crippen molar-refractivity contribution in [1.29, 1.82) is 0 Å². The van der Waals surface area contributed by atoms with Crippen molar-refractivity contribution in [2.45, 2.75) is 45.4 Å². The fraction of sp³-hybridized carbons (Fsp3) is 0.310. The van der Waals surface area contributed by atoms with Gasteiger partial charge in [-0.1, -0.05) is 69.8 Å². The zero-order chi connectivity index (χ0) is 24.0. The molecule has 0 aliphatic carbocycles. The van der Waals surface area contributed by atoms with Crippen LogP contribution in [0, 0.1) is 11.8 Å². The molecule has 2 aromatic carbocycles. The van der Waals surface area contributed by atoms with Crippen LogP contribution in [0.5, 0.6) is 0 Å². The van der Waals surface area contributed by atoms with Gasteiger partial charge in [0.15, 0.2) is 0 Å². The van der Waals surface area contributed by atoms with Crippen molar-refractivity contribution in [3.8, 4) is 0 Å². The first kappa shape index (κ1) is 23.0. The van der Waals surface area contributed by atoms with E-state index in [-0.39, 0.29) is 29.6 Å². The average molecular weight is 488 g/mol. The van der Waals surface area contributed by atoms with E-state index in [9.17, 15) is 9.59 Å². The van der Waals surface area contributed by atoms with E-state index in [1.807, 2.05) is 28.7 Å². The Morgan fingerprint density at radius 1 is 1.03 bits per heavy atom. The zero-order valence-electron chi connectivity index (χ0n) is 19.8. The van der Waals surface area contributed by atoms with E-state index in [0.717, 1.165) is 0 Å². The summed E-state index contributed by atoms with van der Waals surface area (Å²) in [6.45, 7) is 10.4. The third-order valence-corrected chi connectivity index (χ3v) is 9.63. The predicted octanol–water partition coefficient (Wildman–Crippen LogP) is 7.91. The Labute approximate surface area is 208 Å². The van der Waals surface area contributed by atoms with E-state index in [4.69, 9.17) is 0 Å². The molecule has 1 aliphatic rings. The molecule has 3 atom stereocenters. The summed E-state index contributed by atoms with van der Waals surface area (Å²) in [6, 6.07) is 13.1. The van der Waals surface area contributed by atoms with Gasteiger partial charge < -0.3 is 0 Å². The largest absolute Gasteiger partial charge is 0.296 e. The molecule has 174 valence electrons. The second-order valence-electron chi connectivity index (χ2n) is 9.66. The lowest BCUT2D eigenvalue weighted by molar-refractivity contribution is -0.130. The van der Waals surface area contributed by atoms with Crippen molar-refractivity contribution in [3.05, 3.63) is 71.6 Å². The first-order valence-electron chi connectivity index (χ1n) is 11.9. The molecule has 1 N–H and O–H groups in total. The molecule has 0 fully saturated rings. The van der Waals surface area contributed by atoms with Gasteiger partial charge in [-0.05, 0) is 46.2 Å². The first-order valence-corrected chi connectivity index (χ1v) is 13.5. The summed E-state index contributed by atoms with van der Waals surface area (Å²) in [6.07, 6.45) is 6.60. The van der Waals surface area contributed by atoms with E-state index in [2.05, 4.69) is 75.1 Å². The van der Waals surface area contributed by atoms with Gasteiger partial charge in [-0.2, -0.15) is 0 Å². The summed E-state index contributed by atoms with van der Waals surface area (Å²) in [7, 11) is 0. The molecular formula is C29H29NO2S2. The van der Waals surface area contributed by atoms with Crippen LogP contribution < -0.4 is 5.32 Å². The summed E-state index contributed by atoms with van der Waals surface area (Å²) in [5.74, 6) is 0.200. The highest BCUT2D eigenvalue weighted by atomic mass is 32.1. The highest BCUT2D eigenvalue weighted by molar-refractivity contribution is 7.33. The number of amides is 2. The van der Waals surface area contributed by atoms with Crippen LogP contribution in [0.3, 0.4) is 0 Å². The van der Waals surface area contributed by atoms with Crippen molar-refractivity contribution in [3.63, 3.8) is 0 Å². The standard InChI is InChI=1S/C29H29NO2S2/c1-5-6-11-20(16(2)3)21-15-25(32)30-24(31)12-17(4)26-27(21)34-28-22-13-18-9-7-8-10-19(18)14-23(22)33-29(26)28/h5-11,13-14,16-17,20-21H,1,12,15H2,2-4H3,(H,30,31,32)/b11-6-/t17-,20?,21+/m1/s1. The Hall–Kier alpha value is -2.76. The van der Waals surface area contributed by atoms with Crippen LogP contribution in [-0.2, 0) is 9.59 Å².